The Balaban J connectivity index is 2.10. The van der Waals surface area contributed by atoms with Gasteiger partial charge in [-0.15, -0.1) is 0 Å². The van der Waals surface area contributed by atoms with Crippen LogP contribution in [0.15, 0.2) is 41.0 Å². The van der Waals surface area contributed by atoms with E-state index in [2.05, 4.69) is 6.92 Å². The number of amides is 2. The van der Waals surface area contributed by atoms with E-state index < -0.39 is 0 Å². The fraction of sp³-hybridized carbons (Fsp3) is 0.586. The molecule has 0 aliphatic carbocycles. The summed E-state index contributed by atoms with van der Waals surface area (Å²) >= 11 is 0. The van der Waals surface area contributed by atoms with E-state index in [0.29, 0.717) is 43.2 Å². The SMILES string of the molecule is CCCCCCCC(=O)N(CC(=O)N(CCc1ccc(OC)c(OC)c1)Cc1ccco1)C(C)CC. The third-order valence-corrected chi connectivity index (χ3v) is 6.64. The number of furan rings is 1. The summed E-state index contributed by atoms with van der Waals surface area (Å²) in [5, 5.41) is 0. The molecule has 0 N–H and O–H groups in total. The maximum atomic E-state index is 13.5. The standard InChI is InChI=1S/C29H44N2O5/c1-6-8-9-10-11-14-28(32)31(23(3)7-2)22-29(33)30(21-25-13-12-19-36-25)18-17-24-15-16-26(34-4)27(20-24)35-5/h12-13,15-16,19-20,23H,6-11,14,17-18,21-22H2,1-5H3. The fourth-order valence-electron chi connectivity index (χ4n) is 4.16. The van der Waals surface area contributed by atoms with Crippen LogP contribution >= 0.6 is 0 Å². The number of ether oxygens (including phenoxy) is 2. The van der Waals surface area contributed by atoms with Crippen molar-refractivity contribution in [3.8, 4) is 11.5 Å². The molecule has 0 aliphatic rings. The minimum atomic E-state index is -0.0773. The zero-order valence-electron chi connectivity index (χ0n) is 22.8. The van der Waals surface area contributed by atoms with E-state index >= 15 is 0 Å². The second kappa shape index (κ2) is 15.9. The van der Waals surface area contributed by atoms with E-state index in [0.717, 1.165) is 31.2 Å². The molecule has 2 aromatic rings. The minimum Gasteiger partial charge on any atom is -0.493 e. The maximum absolute atomic E-state index is 13.5. The Morgan fingerprint density at radius 3 is 2.36 bits per heavy atom. The molecule has 1 atom stereocenters. The number of rotatable bonds is 17. The summed E-state index contributed by atoms with van der Waals surface area (Å²) in [5.41, 5.74) is 1.03. The summed E-state index contributed by atoms with van der Waals surface area (Å²) in [7, 11) is 3.22. The van der Waals surface area contributed by atoms with Crippen LogP contribution in [0, 0.1) is 0 Å². The molecule has 1 aromatic carbocycles. The molecule has 0 aliphatic heterocycles. The third-order valence-electron chi connectivity index (χ3n) is 6.64. The molecule has 2 rings (SSSR count). The van der Waals surface area contributed by atoms with E-state index in [9.17, 15) is 9.59 Å². The van der Waals surface area contributed by atoms with Crippen LogP contribution in [0.4, 0.5) is 0 Å². The van der Waals surface area contributed by atoms with Gasteiger partial charge in [0.25, 0.3) is 0 Å². The highest BCUT2D eigenvalue weighted by molar-refractivity contribution is 5.85. The second-order valence-corrected chi connectivity index (χ2v) is 9.28. The van der Waals surface area contributed by atoms with Gasteiger partial charge < -0.3 is 23.7 Å². The largest absolute Gasteiger partial charge is 0.493 e. The molecule has 0 radical (unpaired) electrons. The predicted octanol–water partition coefficient (Wildman–Crippen LogP) is 5.86. The van der Waals surface area contributed by atoms with Crippen molar-refractivity contribution < 1.29 is 23.5 Å². The number of carbonyl (C=O) groups excluding carboxylic acids is 2. The van der Waals surface area contributed by atoms with Crippen molar-refractivity contribution in [2.75, 3.05) is 27.3 Å². The maximum Gasteiger partial charge on any atom is 0.242 e. The lowest BCUT2D eigenvalue weighted by molar-refractivity contribution is -0.142. The highest BCUT2D eigenvalue weighted by Crippen LogP contribution is 2.28. The second-order valence-electron chi connectivity index (χ2n) is 9.28. The third kappa shape index (κ3) is 9.25. The van der Waals surface area contributed by atoms with E-state index in [-0.39, 0.29) is 24.4 Å². The topological polar surface area (TPSA) is 72.2 Å². The van der Waals surface area contributed by atoms with Crippen molar-refractivity contribution in [3.05, 3.63) is 47.9 Å². The van der Waals surface area contributed by atoms with Crippen LogP contribution in [0.5, 0.6) is 11.5 Å². The fourth-order valence-corrected chi connectivity index (χ4v) is 4.16. The molecular weight excluding hydrogens is 456 g/mol. The van der Waals surface area contributed by atoms with Crippen LogP contribution in [0.25, 0.3) is 0 Å². The highest BCUT2D eigenvalue weighted by atomic mass is 16.5. The van der Waals surface area contributed by atoms with Crippen molar-refractivity contribution in [3.63, 3.8) is 0 Å². The number of methoxy groups -OCH3 is 2. The Kier molecular flexibility index (Phi) is 12.9. The number of unbranched alkanes of at least 4 members (excludes halogenated alkanes) is 4. The molecule has 0 fully saturated rings. The first-order chi connectivity index (χ1) is 17.4. The average Bonchev–Trinajstić information content (AvgIpc) is 3.41. The smallest absolute Gasteiger partial charge is 0.242 e. The van der Waals surface area contributed by atoms with Crippen molar-refractivity contribution in [1.82, 2.24) is 9.80 Å². The van der Waals surface area contributed by atoms with Crippen molar-refractivity contribution in [2.24, 2.45) is 0 Å². The number of benzene rings is 1. The van der Waals surface area contributed by atoms with Gasteiger partial charge in [0.15, 0.2) is 11.5 Å². The van der Waals surface area contributed by atoms with Gasteiger partial charge in [0.05, 0.1) is 27.0 Å². The van der Waals surface area contributed by atoms with Gasteiger partial charge in [-0.1, -0.05) is 45.6 Å². The quantitative estimate of drug-likeness (QED) is 0.255. The number of nitrogens with zero attached hydrogens (tertiary/aromatic N) is 2. The molecule has 1 aromatic heterocycles. The van der Waals surface area contributed by atoms with E-state index in [1.54, 1.807) is 30.3 Å². The molecule has 7 heteroatoms. The van der Waals surface area contributed by atoms with Crippen LogP contribution < -0.4 is 9.47 Å². The van der Waals surface area contributed by atoms with Gasteiger partial charge in [-0.05, 0) is 56.0 Å². The lowest BCUT2D eigenvalue weighted by Crippen LogP contribution is -2.46. The molecule has 2 amide bonds. The molecule has 7 nitrogen and oxygen atoms in total. The summed E-state index contributed by atoms with van der Waals surface area (Å²) in [6.07, 6.45) is 9.00. The van der Waals surface area contributed by atoms with Crippen LogP contribution in [-0.4, -0.2) is 55.0 Å². The first-order valence-corrected chi connectivity index (χ1v) is 13.2. The number of hydrogen-bond donors (Lipinski definition) is 0. The van der Waals surface area contributed by atoms with E-state index in [4.69, 9.17) is 13.9 Å². The van der Waals surface area contributed by atoms with Crippen molar-refractivity contribution in [2.45, 2.75) is 84.7 Å². The molecular formula is C29H44N2O5. The van der Waals surface area contributed by atoms with Gasteiger partial charge in [-0.25, -0.2) is 0 Å². The monoisotopic (exact) mass is 500 g/mol. The van der Waals surface area contributed by atoms with Gasteiger partial charge in [0, 0.05) is 19.0 Å². The van der Waals surface area contributed by atoms with Gasteiger partial charge in [-0.2, -0.15) is 0 Å². The molecule has 0 saturated heterocycles. The molecule has 36 heavy (non-hydrogen) atoms. The molecule has 0 bridgehead atoms. The normalized spacial score (nSPS) is 11.7. The Morgan fingerprint density at radius 1 is 0.972 bits per heavy atom. The molecule has 1 heterocycles. The lowest BCUT2D eigenvalue weighted by Gasteiger charge is -2.31. The van der Waals surface area contributed by atoms with Crippen LogP contribution in [0.2, 0.25) is 0 Å². The average molecular weight is 501 g/mol. The zero-order valence-corrected chi connectivity index (χ0v) is 22.8. The zero-order chi connectivity index (χ0) is 26.3. The summed E-state index contributed by atoms with van der Waals surface area (Å²) in [5.74, 6) is 2.03. The van der Waals surface area contributed by atoms with Crippen LogP contribution in [0.3, 0.4) is 0 Å². The summed E-state index contributed by atoms with van der Waals surface area (Å²) in [6.45, 7) is 7.18. The van der Waals surface area contributed by atoms with E-state index in [1.165, 1.54) is 12.8 Å². The Labute approximate surface area is 216 Å². The van der Waals surface area contributed by atoms with E-state index in [1.807, 2.05) is 44.2 Å². The van der Waals surface area contributed by atoms with Gasteiger partial charge in [0.2, 0.25) is 11.8 Å². The Hall–Kier alpha value is -2.96. The van der Waals surface area contributed by atoms with Crippen LogP contribution in [-0.2, 0) is 22.6 Å². The Bertz CT molecular complexity index is 912. The van der Waals surface area contributed by atoms with Crippen LogP contribution in [0.1, 0.15) is 77.0 Å². The summed E-state index contributed by atoms with van der Waals surface area (Å²) in [4.78, 5) is 30.1. The van der Waals surface area contributed by atoms with Gasteiger partial charge in [0.1, 0.15) is 12.3 Å². The highest BCUT2D eigenvalue weighted by Gasteiger charge is 2.25. The summed E-state index contributed by atoms with van der Waals surface area (Å²) < 4.78 is 16.3. The van der Waals surface area contributed by atoms with Gasteiger partial charge in [-0.3, -0.25) is 9.59 Å². The first-order valence-electron chi connectivity index (χ1n) is 13.2. The molecule has 200 valence electrons. The lowest BCUT2D eigenvalue weighted by atomic mass is 10.1. The van der Waals surface area contributed by atoms with Crippen molar-refractivity contribution in [1.29, 1.82) is 0 Å². The predicted molar refractivity (Wildman–Crippen MR) is 142 cm³/mol. The number of carbonyl (C=O) groups is 2. The Morgan fingerprint density at radius 2 is 1.72 bits per heavy atom. The molecule has 1 unspecified atom stereocenters. The number of hydrogen-bond acceptors (Lipinski definition) is 5. The van der Waals surface area contributed by atoms with Gasteiger partial charge >= 0.3 is 0 Å². The summed E-state index contributed by atoms with van der Waals surface area (Å²) in [6, 6.07) is 9.47. The molecule has 0 saturated carbocycles. The van der Waals surface area contributed by atoms with Crippen molar-refractivity contribution >= 4 is 11.8 Å². The minimum absolute atomic E-state index is 0.00778. The molecule has 0 spiro atoms. The first kappa shape index (κ1) is 29.3.